The van der Waals surface area contributed by atoms with Crippen molar-refractivity contribution in [2.75, 3.05) is 24.4 Å². The highest BCUT2D eigenvalue weighted by atomic mass is 32.2. The summed E-state index contributed by atoms with van der Waals surface area (Å²) in [6.07, 6.45) is -3.07. The van der Waals surface area contributed by atoms with Crippen LogP contribution in [-0.4, -0.2) is 47.7 Å². The number of hydrogen-bond donors (Lipinski definition) is 1. The SMILES string of the molecule is CCN1CC(n2nccc2-c2cc(C(F)(F)F)ccc2Oc2ccc(S(=O)(=O)Nc3cscn3)cc2C#N)C1. The lowest BCUT2D eigenvalue weighted by Gasteiger charge is -2.39. The van der Waals surface area contributed by atoms with Crippen LogP contribution in [-0.2, 0) is 16.2 Å². The molecule has 4 aromatic rings. The highest BCUT2D eigenvalue weighted by Gasteiger charge is 2.33. The first-order valence-corrected chi connectivity index (χ1v) is 14.1. The van der Waals surface area contributed by atoms with E-state index in [1.54, 1.807) is 10.7 Å². The molecule has 1 aliphatic heterocycles. The molecule has 0 radical (unpaired) electrons. The van der Waals surface area contributed by atoms with E-state index in [1.165, 1.54) is 46.6 Å². The van der Waals surface area contributed by atoms with Gasteiger partial charge >= 0.3 is 6.18 Å². The van der Waals surface area contributed by atoms with Crippen LogP contribution in [0.4, 0.5) is 19.0 Å². The van der Waals surface area contributed by atoms with Gasteiger partial charge in [-0.3, -0.25) is 14.3 Å². The number of alkyl halides is 3. The molecule has 0 unspecified atom stereocenters. The van der Waals surface area contributed by atoms with Crippen molar-refractivity contribution in [2.45, 2.75) is 24.0 Å². The minimum Gasteiger partial charge on any atom is -0.455 e. The summed E-state index contributed by atoms with van der Waals surface area (Å²) in [5, 5.41) is 15.6. The molecule has 3 heterocycles. The van der Waals surface area contributed by atoms with Crippen molar-refractivity contribution < 1.29 is 26.3 Å². The lowest BCUT2D eigenvalue weighted by atomic mass is 10.0. The normalized spacial score (nSPS) is 14.5. The zero-order valence-electron chi connectivity index (χ0n) is 20.4. The molecule has 202 valence electrons. The predicted octanol–water partition coefficient (Wildman–Crippen LogP) is 5.37. The lowest BCUT2D eigenvalue weighted by Crippen LogP contribution is -2.47. The van der Waals surface area contributed by atoms with Crippen LogP contribution < -0.4 is 9.46 Å². The van der Waals surface area contributed by atoms with E-state index in [0.717, 1.165) is 24.7 Å². The maximum absolute atomic E-state index is 13.6. The lowest BCUT2D eigenvalue weighted by molar-refractivity contribution is -0.137. The van der Waals surface area contributed by atoms with Gasteiger partial charge < -0.3 is 4.74 Å². The Morgan fingerprint density at radius 3 is 2.62 bits per heavy atom. The molecule has 0 saturated carbocycles. The van der Waals surface area contributed by atoms with Crippen molar-refractivity contribution in [2.24, 2.45) is 0 Å². The third kappa shape index (κ3) is 5.47. The number of anilines is 1. The van der Waals surface area contributed by atoms with Gasteiger partial charge in [0, 0.05) is 30.2 Å². The molecule has 0 spiro atoms. The molecule has 0 aliphatic carbocycles. The maximum atomic E-state index is 13.6. The number of hydrogen-bond acceptors (Lipinski definition) is 8. The fraction of sp³-hybridized carbons (Fsp3) is 0.240. The summed E-state index contributed by atoms with van der Waals surface area (Å²) in [5.41, 5.74) is 1.06. The van der Waals surface area contributed by atoms with E-state index in [9.17, 15) is 26.9 Å². The maximum Gasteiger partial charge on any atom is 0.416 e. The summed E-state index contributed by atoms with van der Waals surface area (Å²) in [5.74, 6) is 0.181. The molecular weight excluding hydrogens is 553 g/mol. The second-order valence-corrected chi connectivity index (χ2v) is 11.1. The van der Waals surface area contributed by atoms with Crippen LogP contribution in [0.15, 0.2) is 64.4 Å². The third-order valence-corrected chi connectivity index (χ3v) is 8.20. The van der Waals surface area contributed by atoms with E-state index in [4.69, 9.17) is 4.74 Å². The molecule has 1 saturated heterocycles. The molecule has 5 rings (SSSR count). The number of sulfonamides is 1. The van der Waals surface area contributed by atoms with Gasteiger partial charge in [-0.25, -0.2) is 13.4 Å². The number of likely N-dealkylation sites (N-methyl/N-ethyl adjacent to an activating group) is 1. The average molecular weight is 575 g/mol. The molecule has 39 heavy (non-hydrogen) atoms. The van der Waals surface area contributed by atoms with Gasteiger partial charge in [0.15, 0.2) is 5.82 Å². The molecule has 1 aliphatic rings. The quantitative estimate of drug-likeness (QED) is 0.301. The number of likely N-dealkylation sites (tertiary alicyclic amines) is 1. The van der Waals surface area contributed by atoms with Crippen molar-refractivity contribution in [1.82, 2.24) is 19.7 Å². The fourth-order valence-electron chi connectivity index (χ4n) is 4.20. The Kier molecular flexibility index (Phi) is 7.06. The molecule has 1 N–H and O–H groups in total. The van der Waals surface area contributed by atoms with Crippen LogP contribution in [0.1, 0.15) is 24.1 Å². The Labute approximate surface area is 226 Å². The van der Waals surface area contributed by atoms with Crippen LogP contribution in [0.3, 0.4) is 0 Å². The zero-order valence-corrected chi connectivity index (χ0v) is 22.0. The molecule has 9 nitrogen and oxygen atoms in total. The zero-order chi connectivity index (χ0) is 27.8. The monoisotopic (exact) mass is 574 g/mol. The minimum atomic E-state index is -4.59. The number of thiazole rings is 1. The summed E-state index contributed by atoms with van der Waals surface area (Å²) in [4.78, 5) is 5.87. The van der Waals surface area contributed by atoms with Crippen LogP contribution in [0.25, 0.3) is 11.3 Å². The van der Waals surface area contributed by atoms with E-state index >= 15 is 0 Å². The Hall–Kier alpha value is -3.93. The van der Waals surface area contributed by atoms with Crippen molar-refractivity contribution in [3.63, 3.8) is 0 Å². The van der Waals surface area contributed by atoms with Crippen molar-refractivity contribution in [3.8, 4) is 28.8 Å². The first kappa shape index (κ1) is 26.7. The molecular formula is C25H21F3N6O3S2. The topological polar surface area (TPSA) is 113 Å². The number of ether oxygens (including phenoxy) is 1. The molecule has 14 heteroatoms. The van der Waals surface area contributed by atoms with Crippen LogP contribution in [0.5, 0.6) is 11.5 Å². The number of aromatic nitrogens is 3. The smallest absolute Gasteiger partial charge is 0.416 e. The highest BCUT2D eigenvalue weighted by Crippen LogP contribution is 2.41. The minimum absolute atomic E-state index is 0.0123. The summed E-state index contributed by atoms with van der Waals surface area (Å²) in [6.45, 7) is 4.30. The molecule has 2 aromatic carbocycles. The standard InChI is InChI=1S/C25H21F3N6O3S2/c1-2-33-12-18(13-33)34-21(7-8-31-34)20-10-17(25(26,27)28)3-5-23(20)37-22-6-4-19(9-16(22)11-29)39(35,36)32-24-14-38-15-30-24/h3-10,14-15,18,32H,2,12-13H2,1H3. The fourth-order valence-corrected chi connectivity index (χ4v) is 5.78. The van der Waals surface area contributed by atoms with Crippen LogP contribution in [0.2, 0.25) is 0 Å². The molecule has 0 atom stereocenters. The predicted molar refractivity (Wildman–Crippen MR) is 138 cm³/mol. The van der Waals surface area contributed by atoms with Gasteiger partial charge in [0.1, 0.15) is 17.6 Å². The molecule has 0 bridgehead atoms. The van der Waals surface area contributed by atoms with Crippen LogP contribution in [0, 0.1) is 11.3 Å². The Bertz CT molecular complexity index is 1640. The number of benzene rings is 2. The van der Waals surface area contributed by atoms with Crippen molar-refractivity contribution in [1.29, 1.82) is 5.26 Å². The number of rotatable bonds is 8. The number of nitrogens with zero attached hydrogens (tertiary/aromatic N) is 5. The van der Waals surface area contributed by atoms with Gasteiger partial charge in [-0.15, -0.1) is 11.3 Å². The largest absolute Gasteiger partial charge is 0.455 e. The number of nitriles is 1. The highest BCUT2D eigenvalue weighted by molar-refractivity contribution is 7.92. The first-order chi connectivity index (χ1) is 18.6. The number of halogens is 3. The van der Waals surface area contributed by atoms with Gasteiger partial charge in [-0.2, -0.15) is 23.5 Å². The summed E-state index contributed by atoms with van der Waals surface area (Å²) in [6, 6.07) is 10.2. The van der Waals surface area contributed by atoms with Gasteiger partial charge in [-0.05, 0) is 49.0 Å². The van der Waals surface area contributed by atoms with Gasteiger partial charge in [-0.1, -0.05) is 6.92 Å². The third-order valence-electron chi connectivity index (χ3n) is 6.26. The van der Waals surface area contributed by atoms with Crippen LogP contribution >= 0.6 is 11.3 Å². The first-order valence-electron chi connectivity index (χ1n) is 11.7. The van der Waals surface area contributed by atoms with E-state index in [2.05, 4.69) is 19.7 Å². The molecule has 1 fully saturated rings. The summed E-state index contributed by atoms with van der Waals surface area (Å²) < 4.78 is 76.3. The Morgan fingerprint density at radius 2 is 1.95 bits per heavy atom. The summed E-state index contributed by atoms with van der Waals surface area (Å²) in [7, 11) is -4.04. The second kappa shape index (κ2) is 10.3. The average Bonchev–Trinajstić information content (AvgIpc) is 3.55. The summed E-state index contributed by atoms with van der Waals surface area (Å²) >= 11 is 1.21. The van der Waals surface area contributed by atoms with E-state index in [0.29, 0.717) is 18.8 Å². The van der Waals surface area contributed by atoms with Gasteiger partial charge in [0.2, 0.25) is 0 Å². The van der Waals surface area contributed by atoms with E-state index in [1.807, 2.05) is 13.0 Å². The Morgan fingerprint density at radius 1 is 1.18 bits per heavy atom. The van der Waals surface area contributed by atoms with Crippen molar-refractivity contribution in [3.05, 3.63) is 70.7 Å². The Balaban J connectivity index is 1.51. The second-order valence-electron chi connectivity index (χ2n) is 8.73. The van der Waals surface area contributed by atoms with E-state index in [-0.39, 0.29) is 39.4 Å². The van der Waals surface area contributed by atoms with E-state index < -0.39 is 21.8 Å². The molecule has 0 amide bonds. The van der Waals surface area contributed by atoms with Gasteiger partial charge in [0.25, 0.3) is 10.0 Å². The van der Waals surface area contributed by atoms with Gasteiger partial charge in [0.05, 0.1) is 33.3 Å². The molecule has 2 aromatic heterocycles. The number of nitrogens with one attached hydrogen (secondary N) is 1. The van der Waals surface area contributed by atoms with Crippen molar-refractivity contribution >= 4 is 27.2 Å².